The van der Waals surface area contributed by atoms with Gasteiger partial charge in [0.15, 0.2) is 4.67 Å². The molecule has 3 nitrogen and oxygen atoms in total. The van der Waals surface area contributed by atoms with Gasteiger partial charge in [-0.05, 0) is 53.2 Å². The number of aliphatic hydroxyl groups is 1. The van der Waals surface area contributed by atoms with E-state index in [0.29, 0.717) is 18.6 Å². The van der Waals surface area contributed by atoms with E-state index in [9.17, 15) is 0 Å². The van der Waals surface area contributed by atoms with Crippen molar-refractivity contribution < 1.29 is 9.52 Å². The lowest BCUT2D eigenvalue weighted by Gasteiger charge is -2.19. The third kappa shape index (κ3) is 3.09. The molecule has 1 aliphatic carbocycles. The normalized spacial score (nSPS) is 25.1. The zero-order chi connectivity index (χ0) is 11.4. The minimum Gasteiger partial charge on any atom is -0.453 e. The van der Waals surface area contributed by atoms with Gasteiger partial charge in [-0.2, -0.15) is 0 Å². The minimum atomic E-state index is 0.301. The Kier molecular flexibility index (Phi) is 4.44. The molecule has 0 saturated heterocycles. The predicted molar refractivity (Wildman–Crippen MR) is 66.1 cm³/mol. The van der Waals surface area contributed by atoms with Gasteiger partial charge in [0.1, 0.15) is 5.76 Å². The van der Waals surface area contributed by atoms with Crippen molar-refractivity contribution in [3.05, 3.63) is 22.6 Å². The summed E-state index contributed by atoms with van der Waals surface area (Å²) in [4.78, 5) is 0. The van der Waals surface area contributed by atoms with Gasteiger partial charge < -0.3 is 14.8 Å². The first-order valence-electron chi connectivity index (χ1n) is 5.88. The highest BCUT2D eigenvalue weighted by atomic mass is 79.9. The van der Waals surface area contributed by atoms with Crippen LogP contribution in [-0.2, 0) is 6.54 Å². The highest BCUT2D eigenvalue weighted by Crippen LogP contribution is 2.28. The number of rotatable bonds is 5. The van der Waals surface area contributed by atoms with Crippen LogP contribution in [0.15, 0.2) is 21.2 Å². The number of halogens is 1. The van der Waals surface area contributed by atoms with Gasteiger partial charge in [-0.3, -0.25) is 0 Å². The van der Waals surface area contributed by atoms with Gasteiger partial charge in [0.05, 0.1) is 6.54 Å². The van der Waals surface area contributed by atoms with Crippen molar-refractivity contribution in [1.29, 1.82) is 0 Å². The molecule has 1 aromatic heterocycles. The van der Waals surface area contributed by atoms with Crippen LogP contribution >= 0.6 is 15.9 Å². The van der Waals surface area contributed by atoms with Crippen molar-refractivity contribution in [2.45, 2.75) is 38.3 Å². The third-order valence-electron chi connectivity index (χ3n) is 3.33. The van der Waals surface area contributed by atoms with Crippen LogP contribution in [0.5, 0.6) is 0 Å². The van der Waals surface area contributed by atoms with E-state index in [2.05, 4.69) is 21.2 Å². The molecule has 1 aliphatic rings. The maximum absolute atomic E-state index is 8.98. The second kappa shape index (κ2) is 5.84. The van der Waals surface area contributed by atoms with E-state index in [1.807, 2.05) is 12.1 Å². The Morgan fingerprint density at radius 3 is 3.00 bits per heavy atom. The fourth-order valence-corrected chi connectivity index (χ4v) is 2.84. The molecule has 2 rings (SSSR count). The summed E-state index contributed by atoms with van der Waals surface area (Å²) in [6.45, 7) is 1.08. The summed E-state index contributed by atoms with van der Waals surface area (Å²) in [6, 6.07) is 4.43. The molecule has 0 amide bonds. The van der Waals surface area contributed by atoms with E-state index in [1.54, 1.807) is 0 Å². The van der Waals surface area contributed by atoms with E-state index in [4.69, 9.17) is 9.52 Å². The smallest absolute Gasteiger partial charge is 0.169 e. The molecule has 1 aromatic rings. The molecule has 16 heavy (non-hydrogen) atoms. The first kappa shape index (κ1) is 12.1. The Bertz CT molecular complexity index is 327. The van der Waals surface area contributed by atoms with E-state index in [0.717, 1.165) is 23.4 Å². The van der Waals surface area contributed by atoms with Crippen LogP contribution in [0, 0.1) is 5.92 Å². The Hall–Kier alpha value is -0.320. The molecule has 2 N–H and O–H groups in total. The summed E-state index contributed by atoms with van der Waals surface area (Å²) in [5.74, 6) is 1.59. The van der Waals surface area contributed by atoms with Gasteiger partial charge in [0.2, 0.25) is 0 Å². The average Bonchev–Trinajstić information content (AvgIpc) is 2.85. The Morgan fingerprint density at radius 2 is 2.31 bits per heavy atom. The van der Waals surface area contributed by atoms with E-state index >= 15 is 0 Å². The van der Waals surface area contributed by atoms with Crippen molar-refractivity contribution in [2.75, 3.05) is 6.61 Å². The van der Waals surface area contributed by atoms with Crippen LogP contribution in [0.4, 0.5) is 0 Å². The van der Waals surface area contributed by atoms with Gasteiger partial charge in [-0.25, -0.2) is 0 Å². The number of nitrogens with one attached hydrogen (secondary N) is 1. The van der Waals surface area contributed by atoms with Crippen molar-refractivity contribution in [3.63, 3.8) is 0 Å². The lowest BCUT2D eigenvalue weighted by molar-refractivity contribution is 0.240. The molecule has 0 bridgehead atoms. The van der Waals surface area contributed by atoms with E-state index in [1.165, 1.54) is 19.3 Å². The molecule has 0 aliphatic heterocycles. The van der Waals surface area contributed by atoms with Gasteiger partial charge in [0, 0.05) is 12.6 Å². The highest BCUT2D eigenvalue weighted by Gasteiger charge is 2.26. The summed E-state index contributed by atoms with van der Waals surface area (Å²) in [7, 11) is 0. The number of furan rings is 1. The first-order valence-corrected chi connectivity index (χ1v) is 6.67. The van der Waals surface area contributed by atoms with Gasteiger partial charge in [0.25, 0.3) is 0 Å². The van der Waals surface area contributed by atoms with Crippen molar-refractivity contribution in [3.8, 4) is 0 Å². The van der Waals surface area contributed by atoms with E-state index < -0.39 is 0 Å². The average molecular weight is 288 g/mol. The molecule has 1 saturated carbocycles. The summed E-state index contributed by atoms with van der Waals surface area (Å²) < 4.78 is 6.22. The standard InChI is InChI=1S/C12H18BrNO2/c13-12-5-4-10(16-12)8-14-11-3-1-2-9(11)6-7-15/h4-5,9,11,14-15H,1-3,6-8H2/t9-,11+/m0/s1. The van der Waals surface area contributed by atoms with Crippen LogP contribution in [0.25, 0.3) is 0 Å². The van der Waals surface area contributed by atoms with Gasteiger partial charge >= 0.3 is 0 Å². The molecule has 1 heterocycles. The summed E-state index contributed by atoms with van der Waals surface area (Å²) in [6.07, 6.45) is 4.64. The fraction of sp³-hybridized carbons (Fsp3) is 0.667. The molecular formula is C12H18BrNO2. The molecular weight excluding hydrogens is 270 g/mol. The minimum absolute atomic E-state index is 0.301. The van der Waals surface area contributed by atoms with Gasteiger partial charge in [-0.15, -0.1) is 0 Å². The van der Waals surface area contributed by atoms with Crippen molar-refractivity contribution in [2.24, 2.45) is 5.92 Å². The zero-order valence-corrected chi connectivity index (χ0v) is 10.9. The van der Waals surface area contributed by atoms with Crippen LogP contribution in [0.3, 0.4) is 0 Å². The van der Waals surface area contributed by atoms with Crippen LogP contribution in [0.2, 0.25) is 0 Å². The fourth-order valence-electron chi connectivity index (χ4n) is 2.50. The predicted octanol–water partition coefficient (Wildman–Crippen LogP) is 2.68. The number of hydrogen-bond acceptors (Lipinski definition) is 3. The van der Waals surface area contributed by atoms with E-state index in [-0.39, 0.29) is 0 Å². The second-order valence-corrected chi connectivity index (χ2v) is 5.18. The van der Waals surface area contributed by atoms with Crippen LogP contribution in [-0.4, -0.2) is 17.8 Å². The number of hydrogen-bond donors (Lipinski definition) is 2. The highest BCUT2D eigenvalue weighted by molar-refractivity contribution is 9.10. The van der Waals surface area contributed by atoms with Gasteiger partial charge in [-0.1, -0.05) is 6.42 Å². The summed E-state index contributed by atoms with van der Waals surface area (Å²) >= 11 is 3.29. The Balaban J connectivity index is 1.80. The monoisotopic (exact) mass is 287 g/mol. The summed E-state index contributed by atoms with van der Waals surface area (Å²) in [5, 5.41) is 12.5. The molecule has 0 unspecified atom stereocenters. The van der Waals surface area contributed by atoms with Crippen molar-refractivity contribution in [1.82, 2.24) is 5.32 Å². The maximum Gasteiger partial charge on any atom is 0.169 e. The molecule has 2 atom stereocenters. The Labute approximate surface area is 104 Å². The molecule has 0 aromatic carbocycles. The Morgan fingerprint density at radius 1 is 1.44 bits per heavy atom. The lowest BCUT2D eigenvalue weighted by Crippen LogP contribution is -2.32. The quantitative estimate of drug-likeness (QED) is 0.875. The van der Waals surface area contributed by atoms with Crippen LogP contribution in [0.1, 0.15) is 31.4 Å². The number of aliphatic hydroxyl groups excluding tert-OH is 1. The zero-order valence-electron chi connectivity index (χ0n) is 9.29. The summed E-state index contributed by atoms with van der Waals surface area (Å²) in [5.41, 5.74) is 0. The lowest BCUT2D eigenvalue weighted by atomic mass is 10.00. The molecule has 0 spiro atoms. The van der Waals surface area contributed by atoms with Crippen LogP contribution < -0.4 is 5.32 Å². The maximum atomic E-state index is 8.98. The SMILES string of the molecule is OCC[C@@H]1CCC[C@H]1NCc1ccc(Br)o1. The topological polar surface area (TPSA) is 45.4 Å². The largest absolute Gasteiger partial charge is 0.453 e. The molecule has 0 radical (unpaired) electrons. The second-order valence-electron chi connectivity index (χ2n) is 4.40. The molecule has 90 valence electrons. The third-order valence-corrected chi connectivity index (χ3v) is 3.75. The molecule has 1 fully saturated rings. The first-order chi connectivity index (χ1) is 7.79. The van der Waals surface area contributed by atoms with Crippen molar-refractivity contribution >= 4 is 15.9 Å². The molecule has 4 heteroatoms.